The van der Waals surface area contributed by atoms with Gasteiger partial charge in [-0.15, -0.1) is 0 Å². The summed E-state index contributed by atoms with van der Waals surface area (Å²) in [6.45, 7) is 5.28. The van der Waals surface area contributed by atoms with Crippen LogP contribution >= 0.6 is 0 Å². The first kappa shape index (κ1) is 22.1. The van der Waals surface area contributed by atoms with Gasteiger partial charge in [0.05, 0.1) is 13.2 Å². The number of hydrogen-bond donors (Lipinski definition) is 0. The zero-order chi connectivity index (χ0) is 21.0. The molecule has 0 bridgehead atoms. The number of ketones is 1. The third-order valence-electron chi connectivity index (χ3n) is 5.88. The van der Waals surface area contributed by atoms with Crippen molar-refractivity contribution in [3.8, 4) is 0 Å². The molecule has 2 rings (SSSR count). The first-order valence-corrected chi connectivity index (χ1v) is 9.84. The summed E-state index contributed by atoms with van der Waals surface area (Å²) in [5, 5.41) is 0. The first-order chi connectivity index (χ1) is 13.3. The van der Waals surface area contributed by atoms with Gasteiger partial charge in [0, 0.05) is 31.5 Å². The maximum atomic E-state index is 13.5. The molecule has 1 aliphatic rings. The van der Waals surface area contributed by atoms with Gasteiger partial charge in [0.2, 0.25) is 5.91 Å². The minimum absolute atomic E-state index is 0.0414. The summed E-state index contributed by atoms with van der Waals surface area (Å²) in [6, 6.07) is -0.587. The Bertz CT molecular complexity index is 746. The SMILES string of the molecule is COCC(=O)N(C1CCCCC1)C(C)C(=O)c1c(C)c(C(=O)OC)n(C)c1C. The van der Waals surface area contributed by atoms with Crippen LogP contribution in [0, 0.1) is 13.8 Å². The first-order valence-electron chi connectivity index (χ1n) is 9.84. The Morgan fingerprint density at radius 1 is 1.14 bits per heavy atom. The largest absolute Gasteiger partial charge is 0.464 e. The number of carbonyl (C=O) groups is 3. The van der Waals surface area contributed by atoms with Crippen LogP contribution in [0.1, 0.15) is 71.1 Å². The van der Waals surface area contributed by atoms with E-state index < -0.39 is 12.0 Å². The van der Waals surface area contributed by atoms with Crippen molar-refractivity contribution in [2.24, 2.45) is 7.05 Å². The Balaban J connectivity index is 2.42. The minimum atomic E-state index is -0.629. The number of nitrogens with zero attached hydrogens (tertiary/aromatic N) is 2. The minimum Gasteiger partial charge on any atom is -0.464 e. The summed E-state index contributed by atoms with van der Waals surface area (Å²) in [6.07, 6.45) is 5.06. The number of aromatic nitrogens is 1. The second-order valence-corrected chi connectivity index (χ2v) is 7.55. The number of hydrogen-bond acceptors (Lipinski definition) is 5. The molecule has 0 aliphatic heterocycles. The number of methoxy groups -OCH3 is 2. The van der Waals surface area contributed by atoms with E-state index in [1.54, 1.807) is 37.3 Å². The molecule has 0 radical (unpaired) electrons. The molecule has 1 aliphatic carbocycles. The van der Waals surface area contributed by atoms with Gasteiger partial charge >= 0.3 is 5.97 Å². The van der Waals surface area contributed by atoms with Gasteiger partial charge in [-0.05, 0) is 39.2 Å². The Morgan fingerprint density at radius 3 is 2.29 bits per heavy atom. The van der Waals surface area contributed by atoms with Crippen molar-refractivity contribution in [2.45, 2.75) is 65.0 Å². The van der Waals surface area contributed by atoms with E-state index in [1.807, 2.05) is 0 Å². The lowest BCUT2D eigenvalue weighted by Crippen LogP contribution is -2.51. The Labute approximate surface area is 167 Å². The molecular formula is C21H32N2O5. The van der Waals surface area contributed by atoms with E-state index in [0.717, 1.165) is 32.1 Å². The van der Waals surface area contributed by atoms with Gasteiger partial charge < -0.3 is 18.9 Å². The Kier molecular flexibility index (Phi) is 7.41. The average molecular weight is 392 g/mol. The van der Waals surface area contributed by atoms with Crippen LogP contribution < -0.4 is 0 Å². The van der Waals surface area contributed by atoms with Crippen molar-refractivity contribution >= 4 is 17.7 Å². The van der Waals surface area contributed by atoms with Crippen LogP contribution in [0.2, 0.25) is 0 Å². The molecule has 0 saturated heterocycles. The number of esters is 1. The van der Waals surface area contributed by atoms with Gasteiger partial charge in [0.1, 0.15) is 12.3 Å². The molecule has 1 saturated carbocycles. The molecule has 156 valence electrons. The number of ether oxygens (including phenoxy) is 2. The van der Waals surface area contributed by atoms with Crippen molar-refractivity contribution in [2.75, 3.05) is 20.8 Å². The lowest BCUT2D eigenvalue weighted by atomic mass is 9.91. The molecule has 1 unspecified atom stereocenters. The highest BCUT2D eigenvalue weighted by atomic mass is 16.5. The molecule has 1 aromatic rings. The summed E-state index contributed by atoms with van der Waals surface area (Å²) >= 11 is 0. The van der Waals surface area contributed by atoms with E-state index in [-0.39, 0.29) is 24.3 Å². The van der Waals surface area contributed by atoms with Crippen molar-refractivity contribution < 1.29 is 23.9 Å². The summed E-state index contributed by atoms with van der Waals surface area (Å²) in [5.74, 6) is -0.806. The number of rotatable bonds is 7. The fraction of sp³-hybridized carbons (Fsp3) is 0.667. The molecule has 7 nitrogen and oxygen atoms in total. The maximum Gasteiger partial charge on any atom is 0.354 e. The summed E-state index contributed by atoms with van der Waals surface area (Å²) in [5.41, 5.74) is 2.13. The monoisotopic (exact) mass is 392 g/mol. The van der Waals surface area contributed by atoms with Gasteiger partial charge in [-0.3, -0.25) is 9.59 Å². The molecule has 7 heteroatoms. The fourth-order valence-electron chi connectivity index (χ4n) is 4.35. The second-order valence-electron chi connectivity index (χ2n) is 7.55. The van der Waals surface area contributed by atoms with E-state index in [1.165, 1.54) is 14.2 Å². The van der Waals surface area contributed by atoms with E-state index in [0.29, 0.717) is 22.5 Å². The van der Waals surface area contributed by atoms with E-state index >= 15 is 0 Å². The third kappa shape index (κ3) is 4.14. The lowest BCUT2D eigenvalue weighted by Gasteiger charge is -2.38. The lowest BCUT2D eigenvalue weighted by molar-refractivity contribution is -0.139. The predicted molar refractivity (Wildman–Crippen MR) is 106 cm³/mol. The van der Waals surface area contributed by atoms with Gasteiger partial charge in [0.25, 0.3) is 0 Å². The predicted octanol–water partition coefficient (Wildman–Crippen LogP) is 2.81. The van der Waals surface area contributed by atoms with Crippen LogP contribution in [-0.4, -0.2) is 60.0 Å². The number of amides is 1. The van der Waals surface area contributed by atoms with Gasteiger partial charge in [-0.2, -0.15) is 0 Å². The van der Waals surface area contributed by atoms with Crippen LogP contribution in [0.15, 0.2) is 0 Å². The highest BCUT2D eigenvalue weighted by Crippen LogP contribution is 2.28. The highest BCUT2D eigenvalue weighted by molar-refractivity contribution is 6.06. The smallest absolute Gasteiger partial charge is 0.354 e. The average Bonchev–Trinajstić information content (AvgIpc) is 2.90. The molecule has 1 atom stereocenters. The van der Waals surface area contributed by atoms with Crippen LogP contribution in [0.3, 0.4) is 0 Å². The zero-order valence-electron chi connectivity index (χ0n) is 17.8. The molecule has 1 aromatic heterocycles. The third-order valence-corrected chi connectivity index (χ3v) is 5.88. The standard InChI is InChI=1S/C21H32N2O5/c1-13-18(14(2)22(4)19(13)21(26)28-6)20(25)15(3)23(17(24)12-27-5)16-10-8-7-9-11-16/h15-16H,7-12H2,1-6H3. The number of carbonyl (C=O) groups excluding carboxylic acids is 3. The molecular weight excluding hydrogens is 360 g/mol. The van der Waals surface area contributed by atoms with E-state index in [4.69, 9.17) is 9.47 Å². The van der Waals surface area contributed by atoms with E-state index in [2.05, 4.69) is 0 Å². The molecule has 0 N–H and O–H groups in total. The normalized spacial score (nSPS) is 15.9. The zero-order valence-corrected chi connectivity index (χ0v) is 17.8. The van der Waals surface area contributed by atoms with Crippen LogP contribution in [-0.2, 0) is 21.3 Å². The Morgan fingerprint density at radius 2 is 1.75 bits per heavy atom. The molecule has 1 heterocycles. The molecule has 0 spiro atoms. The van der Waals surface area contributed by atoms with Crippen molar-refractivity contribution in [1.82, 2.24) is 9.47 Å². The summed E-state index contributed by atoms with van der Waals surface area (Å²) < 4.78 is 11.6. The number of Topliss-reactive ketones (excluding diaryl/α,β-unsaturated/α-hetero) is 1. The second kappa shape index (κ2) is 9.37. The van der Waals surface area contributed by atoms with Crippen LogP contribution in [0.4, 0.5) is 0 Å². The van der Waals surface area contributed by atoms with Gasteiger partial charge in [-0.1, -0.05) is 19.3 Å². The molecule has 1 fully saturated rings. The molecule has 1 amide bonds. The van der Waals surface area contributed by atoms with E-state index in [9.17, 15) is 14.4 Å². The van der Waals surface area contributed by atoms with Gasteiger partial charge in [0.15, 0.2) is 5.78 Å². The summed E-state index contributed by atoms with van der Waals surface area (Å²) in [7, 11) is 4.55. The van der Waals surface area contributed by atoms with Gasteiger partial charge in [-0.25, -0.2) is 4.79 Å². The summed E-state index contributed by atoms with van der Waals surface area (Å²) in [4.78, 5) is 40.1. The fourth-order valence-corrected chi connectivity index (χ4v) is 4.35. The maximum absolute atomic E-state index is 13.5. The molecule has 0 aromatic carbocycles. The Hall–Kier alpha value is -2.15. The van der Waals surface area contributed by atoms with Crippen LogP contribution in [0.5, 0.6) is 0 Å². The highest BCUT2D eigenvalue weighted by Gasteiger charge is 2.36. The molecule has 28 heavy (non-hydrogen) atoms. The quantitative estimate of drug-likeness (QED) is 0.527. The van der Waals surface area contributed by atoms with Crippen molar-refractivity contribution in [1.29, 1.82) is 0 Å². The topological polar surface area (TPSA) is 77.8 Å². The van der Waals surface area contributed by atoms with Crippen molar-refractivity contribution in [3.05, 3.63) is 22.5 Å². The van der Waals surface area contributed by atoms with Crippen molar-refractivity contribution in [3.63, 3.8) is 0 Å². The van der Waals surface area contributed by atoms with Crippen LogP contribution in [0.25, 0.3) is 0 Å².